The number of fused-ring (bicyclic) bond motifs is 1. The zero-order valence-electron chi connectivity index (χ0n) is 33.6. The molecule has 0 amide bonds. The zero-order chi connectivity index (χ0) is 40.6. The van der Waals surface area contributed by atoms with Gasteiger partial charge in [0.15, 0.2) is 0 Å². The summed E-state index contributed by atoms with van der Waals surface area (Å²) in [5.41, 5.74) is 16.1. The fraction of sp³-hybridized carbons (Fsp3) is 0.476. The third kappa shape index (κ3) is 11.1. The summed E-state index contributed by atoms with van der Waals surface area (Å²) < 4.78 is 36.0. The van der Waals surface area contributed by atoms with E-state index in [4.69, 9.17) is 22.3 Å². The van der Waals surface area contributed by atoms with Crippen LogP contribution in [-0.4, -0.2) is 50.8 Å². The van der Waals surface area contributed by atoms with Gasteiger partial charge in [-0.2, -0.15) is 18.3 Å². The molecule has 2 heterocycles. The summed E-state index contributed by atoms with van der Waals surface area (Å²) in [6, 6.07) is 8.59. The van der Waals surface area contributed by atoms with Crippen LogP contribution >= 0.6 is 11.6 Å². The minimum absolute atomic E-state index is 0.288. The lowest BCUT2D eigenvalue weighted by atomic mass is 9.61. The van der Waals surface area contributed by atoms with E-state index >= 15 is 0 Å². The van der Waals surface area contributed by atoms with Crippen molar-refractivity contribution in [2.75, 3.05) is 19.0 Å². The van der Waals surface area contributed by atoms with Crippen LogP contribution in [0.3, 0.4) is 0 Å². The van der Waals surface area contributed by atoms with Crippen LogP contribution in [0.5, 0.6) is 0 Å². The second-order valence-electron chi connectivity index (χ2n) is 15.6. The summed E-state index contributed by atoms with van der Waals surface area (Å²) in [5.74, 6) is -1.10. The van der Waals surface area contributed by atoms with Crippen LogP contribution in [0.1, 0.15) is 108 Å². The number of hydrogen-bond acceptors (Lipinski definition) is 6. The normalized spacial score (nSPS) is 17.7. The van der Waals surface area contributed by atoms with Crippen molar-refractivity contribution in [3.8, 4) is 0 Å². The largest absolute Gasteiger partial charge is 0.453 e. The van der Waals surface area contributed by atoms with Crippen LogP contribution in [0.25, 0.3) is 28.2 Å². The fourth-order valence-electron chi connectivity index (χ4n) is 6.89. The van der Waals surface area contributed by atoms with Gasteiger partial charge in [0.05, 0.1) is 22.8 Å². The summed E-state index contributed by atoms with van der Waals surface area (Å²) in [4.78, 5) is 10.4. The van der Waals surface area contributed by atoms with Crippen molar-refractivity contribution in [3.05, 3.63) is 89.1 Å². The van der Waals surface area contributed by atoms with Gasteiger partial charge in [0.25, 0.3) is 5.82 Å². The number of aliphatic imine (C=N–C) groups is 1. The van der Waals surface area contributed by atoms with Crippen molar-refractivity contribution in [2.45, 2.75) is 99.2 Å². The van der Waals surface area contributed by atoms with Gasteiger partial charge in [-0.05, 0) is 92.2 Å². The molecular formula is C42H58ClF3N8. The molecule has 294 valence electrons. The number of anilines is 1. The van der Waals surface area contributed by atoms with E-state index in [2.05, 4.69) is 91.2 Å². The lowest BCUT2D eigenvalue weighted by molar-refractivity contribution is -0.144. The molecule has 2 aromatic carbocycles. The Morgan fingerprint density at radius 2 is 1.83 bits per heavy atom. The second-order valence-corrected chi connectivity index (χ2v) is 15.9. The number of nitrogens with one attached hydrogen (secondary N) is 1. The number of rotatable bonds is 10. The van der Waals surface area contributed by atoms with E-state index in [0.717, 1.165) is 74.0 Å². The molecule has 0 unspecified atom stereocenters. The minimum atomic E-state index is -4.43. The monoisotopic (exact) mass is 766 g/mol. The number of allylic oxidation sites excluding steroid dienone is 2. The van der Waals surface area contributed by atoms with Crippen LogP contribution in [0.15, 0.2) is 61.0 Å². The predicted octanol–water partition coefficient (Wildman–Crippen LogP) is 11.3. The maximum atomic E-state index is 11.7. The van der Waals surface area contributed by atoms with E-state index < -0.39 is 12.0 Å². The van der Waals surface area contributed by atoms with Crippen LogP contribution in [-0.2, 0) is 13.2 Å². The van der Waals surface area contributed by atoms with E-state index in [1.165, 1.54) is 32.7 Å². The standard InChI is InChI=1S/C35H48ClN5.C4H4F3N3.C3H6/c1-10-24-18-25(13-14-29(24)41(8)9)33(37)30(31-27-21-38-40-28(27)17-22(3)32(31)36)23(4)39-26-19-35(11-2,20-26)16-12-15-34(5,6)7;1-10-2-8-3(9-10)4(5,6)7;1-3-2/h10,13-14,17-18,21,26H,1,11-12,15-16,19-20,37H2,2-9H3,(H,38,40);2H,1H3;3H,1H2,2H3/b33-30+,39-23?;;. The molecular weight excluding hydrogens is 709 g/mol. The van der Waals surface area contributed by atoms with Gasteiger partial charge in [0, 0.05) is 54.8 Å². The smallest absolute Gasteiger partial charge is 0.398 e. The van der Waals surface area contributed by atoms with Gasteiger partial charge in [0.2, 0.25) is 0 Å². The number of H-pyrrole nitrogens is 1. The Kier molecular flexibility index (Phi) is 14.9. The number of alkyl halides is 3. The lowest BCUT2D eigenvalue weighted by Gasteiger charge is -2.46. The molecule has 0 radical (unpaired) electrons. The Morgan fingerprint density at radius 3 is 2.33 bits per heavy atom. The number of halogens is 4. The first-order valence-electron chi connectivity index (χ1n) is 18.3. The Balaban J connectivity index is 0.000000511. The molecule has 1 fully saturated rings. The number of hydrogen-bond donors (Lipinski definition) is 2. The molecule has 0 spiro atoms. The molecule has 54 heavy (non-hydrogen) atoms. The topological polar surface area (TPSA) is 101 Å². The van der Waals surface area contributed by atoms with E-state index in [1.54, 1.807) is 6.08 Å². The van der Waals surface area contributed by atoms with Gasteiger partial charge in [-0.25, -0.2) is 4.98 Å². The Labute approximate surface area is 324 Å². The average molecular weight is 767 g/mol. The summed E-state index contributed by atoms with van der Waals surface area (Å²) >= 11 is 7.06. The Hall–Kier alpha value is -4.38. The summed E-state index contributed by atoms with van der Waals surface area (Å²) in [6.45, 7) is 22.7. The highest BCUT2D eigenvalue weighted by Gasteiger charge is 2.42. The summed E-state index contributed by atoms with van der Waals surface area (Å²) in [6.07, 6.45) is 9.30. The van der Waals surface area contributed by atoms with Crippen LogP contribution < -0.4 is 10.6 Å². The Bertz CT molecular complexity index is 1950. The predicted molar refractivity (Wildman–Crippen MR) is 222 cm³/mol. The van der Waals surface area contributed by atoms with Gasteiger partial charge in [0.1, 0.15) is 6.33 Å². The van der Waals surface area contributed by atoms with Crippen LogP contribution in [0.4, 0.5) is 18.9 Å². The quantitative estimate of drug-likeness (QED) is 0.0951. The lowest BCUT2D eigenvalue weighted by Crippen LogP contribution is -2.40. The highest BCUT2D eigenvalue weighted by Crippen LogP contribution is 2.50. The molecule has 1 aliphatic rings. The van der Waals surface area contributed by atoms with Crippen LogP contribution in [0.2, 0.25) is 5.02 Å². The van der Waals surface area contributed by atoms with Gasteiger partial charge in [-0.3, -0.25) is 14.8 Å². The number of aryl methyl sites for hydroxylation is 2. The fourth-order valence-corrected chi connectivity index (χ4v) is 7.15. The molecule has 0 aliphatic heterocycles. The van der Waals surface area contributed by atoms with Crippen molar-refractivity contribution in [1.82, 2.24) is 25.0 Å². The molecule has 0 bridgehead atoms. The van der Waals surface area contributed by atoms with Crippen molar-refractivity contribution in [2.24, 2.45) is 28.6 Å². The van der Waals surface area contributed by atoms with E-state index in [-0.39, 0.29) is 6.04 Å². The molecule has 1 aliphatic carbocycles. The maximum Gasteiger partial charge on any atom is 0.453 e. The number of aromatic amines is 1. The molecule has 3 N–H and O–H groups in total. The van der Waals surface area contributed by atoms with Gasteiger partial charge >= 0.3 is 6.18 Å². The number of nitrogens with zero attached hydrogens (tertiary/aromatic N) is 6. The van der Waals surface area contributed by atoms with Crippen LogP contribution in [0, 0.1) is 17.8 Å². The maximum absolute atomic E-state index is 11.7. The van der Waals surface area contributed by atoms with Gasteiger partial charge < -0.3 is 10.6 Å². The Morgan fingerprint density at radius 1 is 1.19 bits per heavy atom. The zero-order valence-corrected chi connectivity index (χ0v) is 34.4. The number of aromatic nitrogens is 5. The minimum Gasteiger partial charge on any atom is -0.398 e. The molecule has 4 aromatic rings. The third-order valence-electron chi connectivity index (χ3n) is 9.74. The molecule has 0 saturated heterocycles. The molecule has 8 nitrogen and oxygen atoms in total. The SMILES string of the molecule is C=CC.C=Cc1cc(/C(N)=C(/C(C)=NC2CC(CC)(CCCC(C)(C)C)C2)c2c(Cl)c(C)cc3[nH]ncc23)ccc1N(C)C.Cn1cnc(C(F)(F)F)n1. The van der Waals surface area contributed by atoms with Gasteiger partial charge in [-0.15, -0.1) is 11.7 Å². The highest BCUT2D eigenvalue weighted by atomic mass is 35.5. The summed E-state index contributed by atoms with van der Waals surface area (Å²) in [5, 5.41) is 12.1. The van der Waals surface area contributed by atoms with E-state index in [0.29, 0.717) is 21.5 Å². The second kappa shape index (κ2) is 18.3. The number of nitrogens with two attached hydrogens (primary N) is 1. The number of benzene rings is 2. The summed E-state index contributed by atoms with van der Waals surface area (Å²) in [7, 11) is 5.44. The van der Waals surface area contributed by atoms with E-state index in [1.807, 2.05) is 46.3 Å². The van der Waals surface area contributed by atoms with Crippen molar-refractivity contribution in [1.29, 1.82) is 0 Å². The molecule has 12 heteroatoms. The first-order chi connectivity index (χ1) is 25.2. The molecule has 0 atom stereocenters. The first kappa shape index (κ1) is 44.0. The van der Waals surface area contributed by atoms with Crippen molar-refractivity contribution in [3.63, 3.8) is 0 Å². The molecule has 1 saturated carbocycles. The first-order valence-corrected chi connectivity index (χ1v) is 18.7. The third-order valence-corrected chi connectivity index (χ3v) is 10.2. The average Bonchev–Trinajstić information content (AvgIpc) is 3.73. The van der Waals surface area contributed by atoms with Gasteiger partial charge in [-0.1, -0.05) is 76.9 Å². The highest BCUT2D eigenvalue weighted by molar-refractivity contribution is 6.40. The van der Waals surface area contributed by atoms with E-state index in [9.17, 15) is 13.2 Å². The molecule has 2 aromatic heterocycles. The van der Waals surface area contributed by atoms with Crippen molar-refractivity contribution >= 4 is 51.2 Å². The van der Waals surface area contributed by atoms with Crippen molar-refractivity contribution < 1.29 is 13.2 Å². The molecule has 5 rings (SSSR count).